The van der Waals surface area contributed by atoms with Gasteiger partial charge in [-0.1, -0.05) is 104 Å². The molecule has 1 fully saturated rings. The van der Waals surface area contributed by atoms with Crippen molar-refractivity contribution in [3.05, 3.63) is 108 Å². The molecule has 0 spiro atoms. The number of carbonyl (C=O) groups is 2. The molecule has 0 bridgehead atoms. The molecule has 3 aromatic carbocycles. The van der Waals surface area contributed by atoms with Crippen molar-refractivity contribution in [1.82, 2.24) is 5.32 Å². The van der Waals surface area contributed by atoms with Crippen LogP contribution in [0.15, 0.2) is 91.0 Å². The molecule has 30 heavy (non-hydrogen) atoms. The van der Waals surface area contributed by atoms with Crippen molar-refractivity contribution in [2.24, 2.45) is 11.7 Å². The predicted octanol–water partition coefficient (Wildman–Crippen LogP) is 3.79. The Hall–Kier alpha value is -3.40. The van der Waals surface area contributed by atoms with Gasteiger partial charge in [-0.3, -0.25) is 9.59 Å². The van der Waals surface area contributed by atoms with Crippen LogP contribution in [0.1, 0.15) is 36.0 Å². The molecule has 1 aliphatic rings. The first-order chi connectivity index (χ1) is 14.6. The molecule has 152 valence electrons. The lowest BCUT2D eigenvalue weighted by molar-refractivity contribution is -0.129. The van der Waals surface area contributed by atoms with Crippen molar-refractivity contribution >= 4 is 11.8 Å². The van der Waals surface area contributed by atoms with Crippen LogP contribution in [0.2, 0.25) is 0 Å². The summed E-state index contributed by atoms with van der Waals surface area (Å²) in [4.78, 5) is 26.2. The van der Waals surface area contributed by atoms with Gasteiger partial charge in [-0.05, 0) is 29.0 Å². The molecule has 1 saturated carbocycles. The van der Waals surface area contributed by atoms with Crippen LogP contribution in [0.5, 0.6) is 0 Å². The molecule has 3 aromatic rings. The van der Waals surface area contributed by atoms with Gasteiger partial charge in [-0.25, -0.2) is 0 Å². The topological polar surface area (TPSA) is 72.2 Å². The van der Waals surface area contributed by atoms with Crippen molar-refractivity contribution < 1.29 is 9.59 Å². The summed E-state index contributed by atoms with van der Waals surface area (Å²) >= 11 is 0. The summed E-state index contributed by atoms with van der Waals surface area (Å²) < 4.78 is 0. The van der Waals surface area contributed by atoms with Crippen LogP contribution in [0, 0.1) is 5.92 Å². The molecule has 0 heterocycles. The smallest absolute Gasteiger partial charge is 0.240 e. The van der Waals surface area contributed by atoms with Gasteiger partial charge in [-0.15, -0.1) is 0 Å². The Balaban J connectivity index is 1.88. The third-order valence-corrected chi connectivity index (χ3v) is 5.88. The maximum absolute atomic E-state index is 14.1. The van der Waals surface area contributed by atoms with Gasteiger partial charge in [0.05, 0.1) is 0 Å². The van der Waals surface area contributed by atoms with Crippen LogP contribution in [-0.2, 0) is 15.0 Å². The maximum Gasteiger partial charge on any atom is 0.240 e. The number of nitrogens with two attached hydrogens (primary N) is 1. The van der Waals surface area contributed by atoms with Gasteiger partial charge in [0.2, 0.25) is 11.8 Å². The Morgan fingerprint density at radius 3 is 1.53 bits per heavy atom. The first-order valence-corrected chi connectivity index (χ1v) is 10.4. The Morgan fingerprint density at radius 2 is 1.20 bits per heavy atom. The van der Waals surface area contributed by atoms with Crippen molar-refractivity contribution in [3.63, 3.8) is 0 Å². The SMILES string of the molecule is NC(=O)[C@H](CC1CC1)NC(=O)C(c1ccccc1)(c1ccccc1)c1ccccc1. The number of nitrogens with one attached hydrogen (secondary N) is 1. The molecule has 0 aromatic heterocycles. The minimum absolute atomic E-state index is 0.240. The average Bonchev–Trinajstić information content (AvgIpc) is 3.60. The molecule has 2 amide bonds. The minimum atomic E-state index is -1.10. The van der Waals surface area contributed by atoms with Crippen molar-refractivity contribution in [1.29, 1.82) is 0 Å². The second-order valence-electron chi connectivity index (χ2n) is 7.96. The van der Waals surface area contributed by atoms with Gasteiger partial charge in [0, 0.05) is 0 Å². The molecule has 1 atom stereocenters. The first-order valence-electron chi connectivity index (χ1n) is 10.4. The molecule has 4 nitrogen and oxygen atoms in total. The number of benzene rings is 3. The molecular weight excluding hydrogens is 372 g/mol. The molecule has 3 N–H and O–H groups in total. The predicted molar refractivity (Wildman–Crippen MR) is 118 cm³/mol. The second-order valence-corrected chi connectivity index (χ2v) is 7.96. The Morgan fingerprint density at radius 1 is 0.800 bits per heavy atom. The van der Waals surface area contributed by atoms with E-state index in [1.54, 1.807) is 0 Å². The molecule has 0 saturated heterocycles. The third kappa shape index (κ3) is 3.86. The van der Waals surface area contributed by atoms with E-state index in [2.05, 4.69) is 5.32 Å². The van der Waals surface area contributed by atoms with E-state index >= 15 is 0 Å². The lowest BCUT2D eigenvalue weighted by Crippen LogP contribution is -2.53. The lowest BCUT2D eigenvalue weighted by Gasteiger charge is -2.35. The van der Waals surface area contributed by atoms with Crippen molar-refractivity contribution in [2.75, 3.05) is 0 Å². The van der Waals surface area contributed by atoms with Gasteiger partial charge >= 0.3 is 0 Å². The molecule has 1 aliphatic carbocycles. The summed E-state index contributed by atoms with van der Waals surface area (Å²) in [5.41, 5.74) is 7.10. The summed E-state index contributed by atoms with van der Waals surface area (Å²) in [6.07, 6.45) is 2.76. The van der Waals surface area contributed by atoms with Gasteiger partial charge in [0.25, 0.3) is 0 Å². The van der Waals surface area contributed by atoms with Gasteiger partial charge in [0.1, 0.15) is 11.5 Å². The Kier molecular flexibility index (Phi) is 5.66. The number of hydrogen-bond donors (Lipinski definition) is 2. The largest absolute Gasteiger partial charge is 0.368 e. The van der Waals surface area contributed by atoms with E-state index in [-0.39, 0.29) is 5.91 Å². The van der Waals surface area contributed by atoms with Gasteiger partial charge in [0.15, 0.2) is 0 Å². The van der Waals surface area contributed by atoms with Crippen LogP contribution in [0.25, 0.3) is 0 Å². The lowest BCUT2D eigenvalue weighted by atomic mass is 9.68. The highest BCUT2D eigenvalue weighted by molar-refractivity contribution is 5.98. The van der Waals surface area contributed by atoms with E-state index in [9.17, 15) is 9.59 Å². The summed E-state index contributed by atoms with van der Waals surface area (Å²) in [5.74, 6) is -0.267. The van der Waals surface area contributed by atoms with Gasteiger partial charge in [-0.2, -0.15) is 0 Å². The zero-order valence-corrected chi connectivity index (χ0v) is 16.8. The number of amides is 2. The van der Waals surface area contributed by atoms with Crippen LogP contribution >= 0.6 is 0 Å². The van der Waals surface area contributed by atoms with E-state index in [1.807, 2.05) is 91.0 Å². The average molecular weight is 399 g/mol. The van der Waals surface area contributed by atoms with Crippen molar-refractivity contribution in [2.45, 2.75) is 30.7 Å². The molecule has 4 heteroatoms. The van der Waals surface area contributed by atoms with E-state index in [4.69, 9.17) is 5.73 Å². The second kappa shape index (κ2) is 8.54. The van der Waals surface area contributed by atoms with Crippen LogP contribution < -0.4 is 11.1 Å². The fourth-order valence-corrected chi connectivity index (χ4v) is 4.16. The number of primary amides is 1. The zero-order chi connectivity index (χ0) is 21.0. The molecular formula is C26H26N2O2. The van der Waals surface area contributed by atoms with E-state index in [1.165, 1.54) is 0 Å². The standard InChI is InChI=1S/C26H26N2O2/c27-24(29)23(18-19-16-17-19)28-25(30)26(20-10-4-1-5-11-20,21-12-6-2-7-13-21)22-14-8-3-9-15-22/h1-15,19,23H,16-18H2,(H2,27,29)(H,28,30)/t23-/m0/s1. The highest BCUT2D eigenvalue weighted by Gasteiger charge is 2.45. The van der Waals surface area contributed by atoms with Crippen molar-refractivity contribution in [3.8, 4) is 0 Å². The fraction of sp³-hybridized carbons (Fsp3) is 0.231. The Labute approximate surface area is 177 Å². The molecule has 4 rings (SSSR count). The van der Waals surface area contributed by atoms with Crippen LogP contribution in [0.4, 0.5) is 0 Å². The summed E-state index contributed by atoms with van der Waals surface area (Å²) in [6, 6.07) is 28.4. The highest BCUT2D eigenvalue weighted by atomic mass is 16.2. The third-order valence-electron chi connectivity index (χ3n) is 5.88. The first kappa shape index (κ1) is 19.9. The maximum atomic E-state index is 14.1. The Bertz CT molecular complexity index is 902. The normalized spacial score (nSPS) is 14.7. The highest BCUT2D eigenvalue weighted by Crippen LogP contribution is 2.40. The molecule has 0 radical (unpaired) electrons. The summed E-state index contributed by atoms with van der Waals surface area (Å²) in [6.45, 7) is 0. The van der Waals surface area contributed by atoms with Crippen LogP contribution in [0.3, 0.4) is 0 Å². The van der Waals surface area contributed by atoms with E-state index < -0.39 is 17.4 Å². The van der Waals surface area contributed by atoms with E-state index in [0.29, 0.717) is 12.3 Å². The number of hydrogen-bond acceptors (Lipinski definition) is 2. The van der Waals surface area contributed by atoms with E-state index in [0.717, 1.165) is 29.5 Å². The monoisotopic (exact) mass is 398 g/mol. The molecule has 0 aliphatic heterocycles. The van der Waals surface area contributed by atoms with Gasteiger partial charge < -0.3 is 11.1 Å². The minimum Gasteiger partial charge on any atom is -0.368 e. The number of rotatable bonds is 8. The zero-order valence-electron chi connectivity index (χ0n) is 16.8. The fourth-order valence-electron chi connectivity index (χ4n) is 4.16. The van der Waals surface area contributed by atoms with Crippen LogP contribution in [-0.4, -0.2) is 17.9 Å². The number of carbonyl (C=O) groups excluding carboxylic acids is 2. The molecule has 0 unspecified atom stereocenters. The summed E-state index contributed by atoms with van der Waals surface area (Å²) in [7, 11) is 0. The quantitative estimate of drug-likeness (QED) is 0.567. The summed E-state index contributed by atoms with van der Waals surface area (Å²) in [5, 5.41) is 3.01.